The molecule has 2 saturated heterocycles. The highest BCUT2D eigenvalue weighted by Gasteiger charge is 2.41. The fraction of sp³-hybridized carbons (Fsp3) is 0.385. The summed E-state index contributed by atoms with van der Waals surface area (Å²) in [6.45, 7) is 2.80. The summed E-state index contributed by atoms with van der Waals surface area (Å²) in [6, 6.07) is 8.29. The quantitative estimate of drug-likeness (QED) is 0.566. The van der Waals surface area contributed by atoms with Crippen molar-refractivity contribution in [2.45, 2.75) is 50.7 Å². The molecule has 1 aromatic heterocycles. The third-order valence-electron chi connectivity index (χ3n) is 7.61. The lowest BCUT2D eigenvalue weighted by Crippen LogP contribution is -2.52. The molecule has 0 bridgehead atoms. The minimum Gasteiger partial charge on any atom is -0.345 e. The lowest BCUT2D eigenvalue weighted by Gasteiger charge is -2.33. The van der Waals surface area contributed by atoms with Crippen LogP contribution < -0.4 is 5.32 Å². The predicted octanol–water partition coefficient (Wildman–Crippen LogP) is 2.84. The third kappa shape index (κ3) is 3.89. The molecular formula is C26H26FN5O3. The van der Waals surface area contributed by atoms with E-state index < -0.39 is 17.8 Å². The number of imidazole rings is 1. The van der Waals surface area contributed by atoms with Crippen molar-refractivity contribution in [3.8, 4) is 0 Å². The number of rotatable bonds is 4. The van der Waals surface area contributed by atoms with Gasteiger partial charge >= 0.3 is 0 Å². The number of benzene rings is 2. The molecule has 2 aromatic carbocycles. The fourth-order valence-corrected chi connectivity index (χ4v) is 5.81. The molecular weight excluding hydrogens is 449 g/mol. The molecule has 0 spiro atoms. The molecule has 0 radical (unpaired) electrons. The Bertz CT molecular complexity index is 1340. The molecule has 8 nitrogen and oxygen atoms in total. The van der Waals surface area contributed by atoms with Crippen LogP contribution in [0.1, 0.15) is 58.6 Å². The van der Waals surface area contributed by atoms with Crippen molar-refractivity contribution in [2.24, 2.45) is 0 Å². The standard InChI is InChI=1S/C26H26FN5O3/c27-17-10-18(20-13-32(26(35)19(20)11-17)22-4-5-23(33)30-25(22)34)15-6-8-31(9-7-15)12-16-2-1-3-21-24(16)29-14-28-21/h1-3,10-11,14-15,22H,4-9,12-13H2,(H,28,29)(H,30,33,34). The molecule has 180 valence electrons. The SMILES string of the molecule is O=C1CCC(N2Cc3c(cc(F)cc3C3CCN(Cc4cccc5[nH]cnc45)CC3)C2=O)C(=O)N1. The van der Waals surface area contributed by atoms with Gasteiger partial charge in [-0.1, -0.05) is 12.1 Å². The average Bonchev–Trinajstić information content (AvgIpc) is 3.45. The Kier molecular flexibility index (Phi) is 5.36. The Morgan fingerprint density at radius 2 is 1.91 bits per heavy atom. The molecule has 0 aliphatic carbocycles. The number of aromatic nitrogens is 2. The highest BCUT2D eigenvalue weighted by atomic mass is 19.1. The zero-order valence-corrected chi connectivity index (χ0v) is 19.2. The number of fused-ring (bicyclic) bond motifs is 2. The van der Waals surface area contributed by atoms with Crippen LogP contribution in [0.5, 0.6) is 0 Å². The topological polar surface area (TPSA) is 98.4 Å². The zero-order chi connectivity index (χ0) is 24.1. The molecule has 2 fully saturated rings. The summed E-state index contributed by atoms with van der Waals surface area (Å²) in [6.07, 6.45) is 3.92. The van der Waals surface area contributed by atoms with Crippen LogP contribution in [0, 0.1) is 5.82 Å². The number of aromatic amines is 1. The Morgan fingerprint density at radius 3 is 2.71 bits per heavy atom. The van der Waals surface area contributed by atoms with Crippen molar-refractivity contribution < 1.29 is 18.8 Å². The van der Waals surface area contributed by atoms with E-state index in [1.807, 2.05) is 12.1 Å². The third-order valence-corrected chi connectivity index (χ3v) is 7.61. The molecule has 1 atom stereocenters. The zero-order valence-electron chi connectivity index (χ0n) is 19.2. The normalized spacial score (nSPS) is 21.6. The van der Waals surface area contributed by atoms with E-state index in [0.717, 1.165) is 54.6 Å². The molecule has 35 heavy (non-hydrogen) atoms. The number of hydrogen-bond acceptors (Lipinski definition) is 5. The maximum atomic E-state index is 14.6. The van der Waals surface area contributed by atoms with Crippen LogP contribution >= 0.6 is 0 Å². The number of carbonyl (C=O) groups is 3. The first-order valence-electron chi connectivity index (χ1n) is 12.1. The number of halogens is 1. The second-order valence-electron chi connectivity index (χ2n) is 9.69. The van der Waals surface area contributed by atoms with Crippen molar-refractivity contribution in [1.82, 2.24) is 25.1 Å². The smallest absolute Gasteiger partial charge is 0.255 e. The number of nitrogens with one attached hydrogen (secondary N) is 2. The fourth-order valence-electron chi connectivity index (χ4n) is 5.81. The van der Waals surface area contributed by atoms with E-state index in [2.05, 4.69) is 26.3 Å². The van der Waals surface area contributed by atoms with Gasteiger partial charge in [-0.15, -0.1) is 0 Å². The molecule has 4 heterocycles. The summed E-state index contributed by atoms with van der Waals surface area (Å²) < 4.78 is 14.6. The van der Waals surface area contributed by atoms with Crippen LogP contribution in [0.3, 0.4) is 0 Å². The first-order valence-corrected chi connectivity index (χ1v) is 12.1. The number of para-hydroxylation sites is 1. The molecule has 6 rings (SSSR count). The predicted molar refractivity (Wildman–Crippen MR) is 126 cm³/mol. The van der Waals surface area contributed by atoms with Gasteiger partial charge in [0.15, 0.2) is 0 Å². The van der Waals surface area contributed by atoms with E-state index in [-0.39, 0.29) is 30.7 Å². The molecule has 9 heteroatoms. The van der Waals surface area contributed by atoms with Gasteiger partial charge in [-0.3, -0.25) is 24.6 Å². The van der Waals surface area contributed by atoms with Crippen LogP contribution in [0.15, 0.2) is 36.7 Å². The summed E-state index contributed by atoms with van der Waals surface area (Å²) in [7, 11) is 0. The van der Waals surface area contributed by atoms with Crippen molar-refractivity contribution in [3.05, 3.63) is 64.7 Å². The van der Waals surface area contributed by atoms with Crippen molar-refractivity contribution in [3.63, 3.8) is 0 Å². The van der Waals surface area contributed by atoms with Gasteiger partial charge in [-0.25, -0.2) is 9.37 Å². The first-order chi connectivity index (χ1) is 17.0. The maximum Gasteiger partial charge on any atom is 0.255 e. The van der Waals surface area contributed by atoms with Gasteiger partial charge in [0, 0.05) is 25.1 Å². The Morgan fingerprint density at radius 1 is 1.09 bits per heavy atom. The van der Waals surface area contributed by atoms with Crippen LogP contribution in [0.2, 0.25) is 0 Å². The van der Waals surface area contributed by atoms with Gasteiger partial charge in [0.25, 0.3) is 5.91 Å². The largest absolute Gasteiger partial charge is 0.345 e. The minimum absolute atomic E-state index is 0.145. The van der Waals surface area contributed by atoms with Crippen LogP contribution in [0.4, 0.5) is 4.39 Å². The van der Waals surface area contributed by atoms with E-state index in [1.165, 1.54) is 16.5 Å². The highest BCUT2D eigenvalue weighted by molar-refractivity contribution is 6.05. The number of imide groups is 1. The van der Waals surface area contributed by atoms with E-state index in [0.29, 0.717) is 12.0 Å². The van der Waals surface area contributed by atoms with Crippen molar-refractivity contribution in [2.75, 3.05) is 13.1 Å². The molecule has 2 N–H and O–H groups in total. The summed E-state index contributed by atoms with van der Waals surface area (Å²) in [4.78, 5) is 48.5. The summed E-state index contributed by atoms with van der Waals surface area (Å²) in [5, 5.41) is 2.32. The molecule has 1 unspecified atom stereocenters. The Hall–Kier alpha value is -3.59. The lowest BCUT2D eigenvalue weighted by atomic mass is 9.85. The molecule has 0 saturated carbocycles. The first kappa shape index (κ1) is 21.9. The van der Waals surface area contributed by atoms with Crippen molar-refractivity contribution >= 4 is 28.8 Å². The van der Waals surface area contributed by atoms with Crippen LogP contribution in [0.25, 0.3) is 11.0 Å². The molecule has 3 amide bonds. The highest BCUT2D eigenvalue weighted by Crippen LogP contribution is 2.38. The summed E-state index contributed by atoms with van der Waals surface area (Å²) >= 11 is 0. The van der Waals surface area contributed by atoms with E-state index in [4.69, 9.17) is 0 Å². The second-order valence-corrected chi connectivity index (χ2v) is 9.69. The van der Waals surface area contributed by atoms with Gasteiger partial charge in [0.2, 0.25) is 11.8 Å². The summed E-state index contributed by atoms with van der Waals surface area (Å²) in [5.74, 6) is -1.39. The van der Waals surface area contributed by atoms with Crippen LogP contribution in [-0.4, -0.2) is 56.6 Å². The van der Waals surface area contributed by atoms with Gasteiger partial charge in [-0.05, 0) is 73.2 Å². The van der Waals surface area contributed by atoms with Crippen molar-refractivity contribution in [1.29, 1.82) is 0 Å². The Balaban J connectivity index is 1.19. The summed E-state index contributed by atoms with van der Waals surface area (Å²) in [5.41, 5.74) is 5.23. The van der Waals surface area contributed by atoms with E-state index in [1.54, 1.807) is 12.4 Å². The van der Waals surface area contributed by atoms with Gasteiger partial charge in [0.1, 0.15) is 11.9 Å². The Labute approximate surface area is 201 Å². The maximum absolute atomic E-state index is 14.6. The van der Waals surface area contributed by atoms with E-state index >= 15 is 0 Å². The number of nitrogens with zero attached hydrogens (tertiary/aromatic N) is 3. The molecule has 3 aliphatic heterocycles. The van der Waals surface area contributed by atoms with Crippen LogP contribution in [-0.2, 0) is 22.7 Å². The molecule has 3 aliphatic rings. The number of likely N-dealkylation sites (tertiary alicyclic amines) is 1. The van der Waals surface area contributed by atoms with Gasteiger partial charge in [-0.2, -0.15) is 0 Å². The van der Waals surface area contributed by atoms with Gasteiger partial charge in [0.05, 0.1) is 17.4 Å². The number of piperidine rings is 2. The monoisotopic (exact) mass is 475 g/mol. The number of hydrogen-bond donors (Lipinski definition) is 2. The average molecular weight is 476 g/mol. The molecule has 3 aromatic rings. The lowest BCUT2D eigenvalue weighted by molar-refractivity contribution is -0.136. The van der Waals surface area contributed by atoms with Gasteiger partial charge < -0.3 is 9.88 Å². The number of amides is 3. The second kappa shape index (κ2) is 8.57. The van der Waals surface area contributed by atoms with E-state index in [9.17, 15) is 18.8 Å². The number of carbonyl (C=O) groups excluding carboxylic acids is 3. The number of H-pyrrole nitrogens is 1. The minimum atomic E-state index is -0.699.